The molecule has 6 heteroatoms. The maximum absolute atomic E-state index is 12.3. The van der Waals surface area contributed by atoms with Crippen LogP contribution in [0.4, 0.5) is 0 Å². The highest BCUT2D eigenvalue weighted by atomic mass is 35.5. The van der Waals surface area contributed by atoms with Gasteiger partial charge in [0.15, 0.2) is 0 Å². The number of nitrogens with zero attached hydrogens (tertiary/aromatic N) is 3. The number of carbonyl (C=O) groups excluding carboxylic acids is 1. The first kappa shape index (κ1) is 16.5. The summed E-state index contributed by atoms with van der Waals surface area (Å²) in [6, 6.07) is 11.0. The molecule has 24 heavy (non-hydrogen) atoms. The Hall–Kier alpha value is -2.40. The largest absolute Gasteiger partial charge is 0.473 e. The van der Waals surface area contributed by atoms with E-state index in [0.29, 0.717) is 24.0 Å². The SMILES string of the molecule is O=C(/C=C/c1ccccc1Cl)N1CCC(Oc2cccnn2)CC1. The summed E-state index contributed by atoms with van der Waals surface area (Å²) < 4.78 is 5.78. The third-order valence-electron chi connectivity index (χ3n) is 3.90. The van der Waals surface area contributed by atoms with Gasteiger partial charge in [0.1, 0.15) is 6.10 Å². The first-order valence-electron chi connectivity index (χ1n) is 7.88. The minimum absolute atomic E-state index is 0.00660. The lowest BCUT2D eigenvalue weighted by molar-refractivity contribution is -0.127. The molecule has 5 nitrogen and oxygen atoms in total. The molecule has 0 N–H and O–H groups in total. The highest BCUT2D eigenvalue weighted by molar-refractivity contribution is 6.32. The summed E-state index contributed by atoms with van der Waals surface area (Å²) in [5, 5.41) is 8.35. The van der Waals surface area contributed by atoms with Crippen molar-refractivity contribution >= 4 is 23.6 Å². The third-order valence-corrected chi connectivity index (χ3v) is 4.24. The van der Waals surface area contributed by atoms with Gasteiger partial charge in [-0.2, -0.15) is 5.10 Å². The molecule has 3 rings (SSSR count). The topological polar surface area (TPSA) is 55.3 Å². The van der Waals surface area contributed by atoms with Crippen LogP contribution in [0.2, 0.25) is 5.02 Å². The number of carbonyl (C=O) groups is 1. The van der Waals surface area contributed by atoms with Gasteiger partial charge in [-0.25, -0.2) is 0 Å². The molecule has 124 valence electrons. The van der Waals surface area contributed by atoms with Crippen LogP contribution in [-0.4, -0.2) is 40.2 Å². The predicted molar refractivity (Wildman–Crippen MR) is 92.7 cm³/mol. The van der Waals surface area contributed by atoms with Crippen LogP contribution < -0.4 is 4.74 Å². The van der Waals surface area contributed by atoms with E-state index in [1.54, 1.807) is 36.5 Å². The van der Waals surface area contributed by atoms with Gasteiger partial charge in [0, 0.05) is 49.3 Å². The van der Waals surface area contributed by atoms with Crippen LogP contribution in [-0.2, 0) is 4.79 Å². The van der Waals surface area contributed by atoms with Crippen LogP contribution in [0.25, 0.3) is 6.08 Å². The molecule has 1 saturated heterocycles. The minimum atomic E-state index is -0.00660. The van der Waals surface area contributed by atoms with Gasteiger partial charge in [-0.1, -0.05) is 29.8 Å². The Bertz CT molecular complexity index is 713. The Balaban J connectivity index is 1.51. The summed E-state index contributed by atoms with van der Waals surface area (Å²) in [6.45, 7) is 1.33. The lowest BCUT2D eigenvalue weighted by Crippen LogP contribution is -2.41. The van der Waals surface area contributed by atoms with Crippen LogP contribution in [0.15, 0.2) is 48.7 Å². The number of aromatic nitrogens is 2. The maximum atomic E-state index is 12.3. The first-order chi connectivity index (χ1) is 11.7. The highest BCUT2D eigenvalue weighted by Gasteiger charge is 2.23. The van der Waals surface area contributed by atoms with Gasteiger partial charge in [-0.05, 0) is 23.8 Å². The highest BCUT2D eigenvalue weighted by Crippen LogP contribution is 2.18. The Morgan fingerprint density at radius 2 is 2.00 bits per heavy atom. The molecule has 2 heterocycles. The van der Waals surface area contributed by atoms with Gasteiger partial charge in [0.2, 0.25) is 11.8 Å². The zero-order chi connectivity index (χ0) is 16.8. The second kappa shape index (κ2) is 7.93. The summed E-state index contributed by atoms with van der Waals surface area (Å²) in [5.74, 6) is 0.522. The van der Waals surface area contributed by atoms with Crippen molar-refractivity contribution in [2.24, 2.45) is 0 Å². The van der Waals surface area contributed by atoms with Crippen molar-refractivity contribution in [3.05, 3.63) is 59.3 Å². The van der Waals surface area contributed by atoms with E-state index < -0.39 is 0 Å². The van der Waals surface area contributed by atoms with E-state index in [2.05, 4.69) is 10.2 Å². The molecule has 1 aliphatic rings. The summed E-state index contributed by atoms with van der Waals surface area (Å²) >= 11 is 6.09. The van der Waals surface area contributed by atoms with Crippen LogP contribution in [0, 0.1) is 0 Å². The average Bonchev–Trinajstić information content (AvgIpc) is 2.62. The lowest BCUT2D eigenvalue weighted by atomic mass is 10.1. The molecule has 0 radical (unpaired) electrons. The van der Waals surface area contributed by atoms with Crippen molar-refractivity contribution in [1.82, 2.24) is 15.1 Å². The quantitative estimate of drug-likeness (QED) is 0.800. The number of hydrogen-bond acceptors (Lipinski definition) is 4. The standard InChI is InChI=1S/C18H18ClN3O2/c19-16-5-2-1-4-14(16)7-8-18(23)22-12-9-15(10-13-22)24-17-6-3-11-20-21-17/h1-8,11,15H,9-10,12-13H2/b8-7+. The zero-order valence-corrected chi connectivity index (χ0v) is 13.9. The van der Waals surface area contributed by atoms with Crippen molar-refractivity contribution in [2.75, 3.05) is 13.1 Å². The number of piperidine rings is 1. The molecule has 1 aromatic carbocycles. The zero-order valence-electron chi connectivity index (χ0n) is 13.1. The van der Waals surface area contributed by atoms with E-state index in [9.17, 15) is 4.79 Å². The number of likely N-dealkylation sites (tertiary alicyclic amines) is 1. The molecule has 1 aliphatic heterocycles. The smallest absolute Gasteiger partial charge is 0.246 e. The lowest BCUT2D eigenvalue weighted by Gasteiger charge is -2.31. The van der Waals surface area contributed by atoms with Crippen LogP contribution in [0.3, 0.4) is 0 Å². The molecule has 0 saturated carbocycles. The van der Waals surface area contributed by atoms with Gasteiger partial charge >= 0.3 is 0 Å². The van der Waals surface area contributed by atoms with E-state index in [1.807, 2.05) is 23.1 Å². The fraction of sp³-hybridized carbons (Fsp3) is 0.278. The van der Waals surface area contributed by atoms with Crippen LogP contribution >= 0.6 is 11.6 Å². The van der Waals surface area contributed by atoms with Gasteiger partial charge in [0.05, 0.1) is 0 Å². The summed E-state index contributed by atoms with van der Waals surface area (Å²) in [7, 11) is 0. The van der Waals surface area contributed by atoms with Crippen molar-refractivity contribution in [1.29, 1.82) is 0 Å². The minimum Gasteiger partial charge on any atom is -0.473 e. The number of hydrogen-bond donors (Lipinski definition) is 0. The number of ether oxygens (including phenoxy) is 1. The molecule has 0 bridgehead atoms. The van der Waals surface area contributed by atoms with Crippen LogP contribution in [0.5, 0.6) is 5.88 Å². The summed E-state index contributed by atoms with van der Waals surface area (Å²) in [6.07, 6.45) is 6.57. The maximum Gasteiger partial charge on any atom is 0.246 e. The fourth-order valence-corrected chi connectivity index (χ4v) is 2.79. The first-order valence-corrected chi connectivity index (χ1v) is 8.26. The van der Waals surface area contributed by atoms with Crippen LogP contribution in [0.1, 0.15) is 18.4 Å². The van der Waals surface area contributed by atoms with Gasteiger partial charge in [0.25, 0.3) is 0 Å². The van der Waals surface area contributed by atoms with E-state index in [4.69, 9.17) is 16.3 Å². The van der Waals surface area contributed by atoms with Crippen molar-refractivity contribution in [3.63, 3.8) is 0 Å². The van der Waals surface area contributed by atoms with E-state index in [0.717, 1.165) is 18.4 Å². The normalized spacial score (nSPS) is 15.6. The van der Waals surface area contributed by atoms with Gasteiger partial charge < -0.3 is 9.64 Å². The molecule has 0 unspecified atom stereocenters. The summed E-state index contributed by atoms with van der Waals surface area (Å²) in [5.41, 5.74) is 0.841. The molecule has 1 amide bonds. The molecule has 0 atom stereocenters. The molecule has 1 fully saturated rings. The molecule has 0 aliphatic carbocycles. The Kier molecular flexibility index (Phi) is 5.43. The van der Waals surface area contributed by atoms with Crippen molar-refractivity contribution in [2.45, 2.75) is 18.9 Å². The summed E-state index contributed by atoms with van der Waals surface area (Å²) in [4.78, 5) is 14.1. The number of benzene rings is 1. The predicted octanol–water partition coefficient (Wildman–Crippen LogP) is 3.21. The molecule has 0 spiro atoms. The van der Waals surface area contributed by atoms with E-state index in [-0.39, 0.29) is 12.0 Å². The number of halogens is 1. The second-order valence-electron chi connectivity index (χ2n) is 5.56. The molecular formula is C18H18ClN3O2. The molecule has 1 aromatic heterocycles. The molecule has 2 aromatic rings. The Morgan fingerprint density at radius 3 is 2.71 bits per heavy atom. The number of rotatable bonds is 4. The van der Waals surface area contributed by atoms with Crippen molar-refractivity contribution in [3.8, 4) is 5.88 Å². The Labute approximate surface area is 145 Å². The Morgan fingerprint density at radius 1 is 1.21 bits per heavy atom. The van der Waals surface area contributed by atoms with Crippen molar-refractivity contribution < 1.29 is 9.53 Å². The van der Waals surface area contributed by atoms with Gasteiger partial charge in [-0.3, -0.25) is 4.79 Å². The van der Waals surface area contributed by atoms with Gasteiger partial charge in [-0.15, -0.1) is 5.10 Å². The second-order valence-corrected chi connectivity index (χ2v) is 5.97. The monoisotopic (exact) mass is 343 g/mol. The average molecular weight is 344 g/mol. The van der Waals surface area contributed by atoms with E-state index >= 15 is 0 Å². The third kappa shape index (κ3) is 4.32. The molecular weight excluding hydrogens is 326 g/mol. The number of amides is 1. The van der Waals surface area contributed by atoms with E-state index in [1.165, 1.54) is 0 Å². The fourth-order valence-electron chi connectivity index (χ4n) is 2.59.